The highest BCUT2D eigenvalue weighted by Gasteiger charge is 2.52. The summed E-state index contributed by atoms with van der Waals surface area (Å²) in [7, 11) is 0. The van der Waals surface area contributed by atoms with Crippen LogP contribution in [0.2, 0.25) is 10.0 Å². The Labute approximate surface area is 179 Å². The van der Waals surface area contributed by atoms with Crippen LogP contribution in [0.25, 0.3) is 5.69 Å². The van der Waals surface area contributed by atoms with Gasteiger partial charge in [0.25, 0.3) is 0 Å². The zero-order valence-corrected chi connectivity index (χ0v) is 17.3. The van der Waals surface area contributed by atoms with Crippen LogP contribution in [0.5, 0.6) is 5.75 Å². The van der Waals surface area contributed by atoms with E-state index in [1.165, 1.54) is 23.5 Å². The molecule has 4 nitrogen and oxygen atoms in total. The molecule has 2 fully saturated rings. The van der Waals surface area contributed by atoms with E-state index in [9.17, 15) is 5.11 Å². The molecule has 2 saturated heterocycles. The number of phenols is 1. The first kappa shape index (κ1) is 17.7. The van der Waals surface area contributed by atoms with Crippen LogP contribution in [0.4, 0.5) is 5.69 Å². The maximum atomic E-state index is 10.9. The summed E-state index contributed by atoms with van der Waals surface area (Å²) >= 11 is 12.7. The fourth-order valence-corrected chi connectivity index (χ4v) is 6.10. The first-order valence-electron chi connectivity index (χ1n) is 10.1. The molecule has 0 aliphatic carbocycles. The largest absolute Gasteiger partial charge is 0.506 e. The molecule has 148 valence electrons. The van der Waals surface area contributed by atoms with Crippen molar-refractivity contribution >= 4 is 28.9 Å². The Morgan fingerprint density at radius 1 is 0.966 bits per heavy atom. The molecule has 0 radical (unpaired) electrons. The Morgan fingerprint density at radius 2 is 1.79 bits per heavy atom. The summed E-state index contributed by atoms with van der Waals surface area (Å²) in [5.74, 6) is 0.129. The molecule has 3 aromatic rings. The van der Waals surface area contributed by atoms with Gasteiger partial charge in [-0.2, -0.15) is 0 Å². The smallest absolute Gasteiger partial charge is 0.140 e. The topological polar surface area (TPSA) is 31.6 Å². The van der Waals surface area contributed by atoms with Gasteiger partial charge in [0.15, 0.2) is 0 Å². The van der Waals surface area contributed by atoms with Gasteiger partial charge in [0.2, 0.25) is 0 Å². The minimum Gasteiger partial charge on any atom is -0.506 e. The minimum absolute atomic E-state index is 0.105. The molecule has 1 aromatic heterocycles. The molecule has 6 rings (SSSR count). The van der Waals surface area contributed by atoms with Crippen LogP contribution < -0.4 is 4.90 Å². The normalized spacial score (nSPS) is 25.3. The molecule has 1 N–H and O–H groups in total. The van der Waals surface area contributed by atoms with E-state index >= 15 is 0 Å². The summed E-state index contributed by atoms with van der Waals surface area (Å²) < 4.78 is 2.32. The minimum atomic E-state index is -0.105. The molecule has 29 heavy (non-hydrogen) atoms. The van der Waals surface area contributed by atoms with E-state index in [1.54, 1.807) is 6.07 Å². The van der Waals surface area contributed by atoms with E-state index in [2.05, 4.69) is 57.0 Å². The SMILES string of the molecule is Oc1c(Cl)cc(Cl)cc1C1N2CCCCC2C2c3cccn3-c3ccccc3N21. The number of nitrogens with zero attached hydrogens (tertiary/aromatic N) is 3. The van der Waals surface area contributed by atoms with Crippen LogP contribution in [0.3, 0.4) is 0 Å². The monoisotopic (exact) mass is 425 g/mol. The van der Waals surface area contributed by atoms with Crippen LogP contribution in [0.1, 0.15) is 42.7 Å². The van der Waals surface area contributed by atoms with Crippen LogP contribution in [-0.2, 0) is 0 Å². The number of anilines is 1. The number of aromatic nitrogens is 1. The lowest BCUT2D eigenvalue weighted by molar-refractivity contribution is 0.143. The number of para-hydroxylation sites is 2. The second-order valence-corrected chi connectivity index (χ2v) is 8.99. The standard InChI is InChI=1S/C23H21Cl2N3O/c24-14-12-15(22(29)16(25)13-14)23-27-10-4-3-8-20(27)21-19-9-5-11-26(19)17-6-1-2-7-18(17)28(21)23/h1-2,5-7,9,11-13,20-21,23,29H,3-4,8,10H2. The highest BCUT2D eigenvalue weighted by atomic mass is 35.5. The van der Waals surface area contributed by atoms with Crippen molar-refractivity contribution in [2.75, 3.05) is 11.4 Å². The van der Waals surface area contributed by atoms with Gasteiger partial charge in [-0.05, 0) is 49.2 Å². The highest BCUT2D eigenvalue weighted by molar-refractivity contribution is 6.35. The molecule has 0 amide bonds. The van der Waals surface area contributed by atoms with E-state index in [4.69, 9.17) is 23.2 Å². The third-order valence-corrected chi connectivity index (χ3v) is 7.18. The molecule has 4 heterocycles. The Kier molecular flexibility index (Phi) is 3.92. The second kappa shape index (κ2) is 6.43. The number of hydrogen-bond acceptors (Lipinski definition) is 3. The average Bonchev–Trinajstić information content (AvgIpc) is 3.34. The summed E-state index contributed by atoms with van der Waals surface area (Å²) in [6.07, 6.45) is 5.57. The van der Waals surface area contributed by atoms with Gasteiger partial charge in [0.1, 0.15) is 11.9 Å². The average molecular weight is 426 g/mol. The molecule has 0 saturated carbocycles. The summed E-state index contributed by atoms with van der Waals surface area (Å²) in [6.45, 7) is 0.995. The molecule has 6 heteroatoms. The molecule has 2 aromatic carbocycles. The summed E-state index contributed by atoms with van der Waals surface area (Å²) in [5, 5.41) is 11.8. The molecule has 3 unspecified atom stereocenters. The van der Waals surface area contributed by atoms with E-state index in [0.717, 1.165) is 24.9 Å². The van der Waals surface area contributed by atoms with Crippen molar-refractivity contribution in [3.05, 3.63) is 76.0 Å². The van der Waals surface area contributed by atoms with Gasteiger partial charge in [-0.3, -0.25) is 4.90 Å². The van der Waals surface area contributed by atoms with Gasteiger partial charge < -0.3 is 14.6 Å². The molecule has 3 aliphatic rings. The third-order valence-electron chi connectivity index (χ3n) is 6.67. The Morgan fingerprint density at radius 3 is 2.66 bits per heavy atom. The molecule has 3 atom stereocenters. The zero-order chi connectivity index (χ0) is 19.7. The molecule has 0 bridgehead atoms. The summed E-state index contributed by atoms with van der Waals surface area (Å²) in [5.41, 5.74) is 4.43. The lowest BCUT2D eigenvalue weighted by atomic mass is 9.94. The lowest BCUT2D eigenvalue weighted by Crippen LogP contribution is -2.38. The van der Waals surface area contributed by atoms with Crippen molar-refractivity contribution in [1.82, 2.24) is 9.47 Å². The lowest BCUT2D eigenvalue weighted by Gasteiger charge is -2.39. The van der Waals surface area contributed by atoms with Gasteiger partial charge in [0.05, 0.1) is 22.4 Å². The van der Waals surface area contributed by atoms with E-state index in [1.807, 2.05) is 6.07 Å². The third kappa shape index (κ3) is 2.43. The molecular weight excluding hydrogens is 405 g/mol. The van der Waals surface area contributed by atoms with Gasteiger partial charge in [0, 0.05) is 35.1 Å². The number of piperidine rings is 1. The maximum Gasteiger partial charge on any atom is 0.140 e. The van der Waals surface area contributed by atoms with Gasteiger partial charge in [-0.1, -0.05) is 41.8 Å². The highest BCUT2D eigenvalue weighted by Crippen LogP contribution is 2.56. The van der Waals surface area contributed by atoms with Crippen molar-refractivity contribution in [1.29, 1.82) is 0 Å². The van der Waals surface area contributed by atoms with Crippen LogP contribution in [0.15, 0.2) is 54.7 Å². The van der Waals surface area contributed by atoms with Gasteiger partial charge in [-0.25, -0.2) is 0 Å². The first-order chi connectivity index (χ1) is 14.1. The quantitative estimate of drug-likeness (QED) is 0.524. The van der Waals surface area contributed by atoms with Crippen molar-refractivity contribution in [2.24, 2.45) is 0 Å². The molecule has 3 aliphatic heterocycles. The number of rotatable bonds is 1. The predicted molar refractivity (Wildman–Crippen MR) is 116 cm³/mol. The molecule has 0 spiro atoms. The number of fused-ring (bicyclic) bond motifs is 8. The Bertz CT molecular complexity index is 1110. The predicted octanol–water partition coefficient (Wildman–Crippen LogP) is 5.92. The van der Waals surface area contributed by atoms with E-state index in [-0.39, 0.29) is 18.0 Å². The van der Waals surface area contributed by atoms with Crippen molar-refractivity contribution < 1.29 is 5.11 Å². The van der Waals surface area contributed by atoms with Crippen molar-refractivity contribution in [3.8, 4) is 11.4 Å². The Balaban J connectivity index is 1.62. The number of phenolic OH excluding ortho intramolecular Hbond substituents is 1. The van der Waals surface area contributed by atoms with Crippen LogP contribution >= 0.6 is 23.2 Å². The van der Waals surface area contributed by atoms with Crippen molar-refractivity contribution in [3.63, 3.8) is 0 Å². The summed E-state index contributed by atoms with van der Waals surface area (Å²) in [6, 6.07) is 17.0. The second-order valence-electron chi connectivity index (χ2n) is 8.14. The van der Waals surface area contributed by atoms with Gasteiger partial charge >= 0.3 is 0 Å². The fourth-order valence-electron chi connectivity index (χ4n) is 5.59. The summed E-state index contributed by atoms with van der Waals surface area (Å²) in [4.78, 5) is 5.01. The van der Waals surface area contributed by atoms with Crippen molar-refractivity contribution in [2.45, 2.75) is 37.5 Å². The zero-order valence-electron chi connectivity index (χ0n) is 15.8. The molecular formula is C23H21Cl2N3O. The van der Waals surface area contributed by atoms with E-state index < -0.39 is 0 Å². The van der Waals surface area contributed by atoms with Crippen LogP contribution in [-0.4, -0.2) is 27.2 Å². The van der Waals surface area contributed by atoms with E-state index in [0.29, 0.717) is 16.1 Å². The number of hydrogen-bond donors (Lipinski definition) is 1. The maximum absolute atomic E-state index is 10.9. The van der Waals surface area contributed by atoms with Gasteiger partial charge in [-0.15, -0.1) is 0 Å². The first-order valence-corrected chi connectivity index (χ1v) is 10.9. The number of benzene rings is 2. The number of aromatic hydroxyl groups is 1. The Hall–Kier alpha value is -2.14. The fraction of sp³-hybridized carbons (Fsp3) is 0.304. The number of halogens is 2. The van der Waals surface area contributed by atoms with Crippen LogP contribution in [0, 0.1) is 0 Å².